The van der Waals surface area contributed by atoms with Crippen molar-refractivity contribution in [1.82, 2.24) is 0 Å². The van der Waals surface area contributed by atoms with Gasteiger partial charge in [-0.2, -0.15) is 0 Å². The normalized spacial score (nSPS) is 16.3. The summed E-state index contributed by atoms with van der Waals surface area (Å²) < 4.78 is 20.3. The molecular formula is C26H38O3SSi. The predicted octanol–water partition coefficient (Wildman–Crippen LogP) is 6.77. The van der Waals surface area contributed by atoms with Gasteiger partial charge in [-0.1, -0.05) is 88.7 Å². The van der Waals surface area contributed by atoms with Gasteiger partial charge in [-0.25, -0.2) is 4.21 Å². The van der Waals surface area contributed by atoms with Gasteiger partial charge in [-0.05, 0) is 48.7 Å². The number of hydrogen-bond acceptors (Lipinski definition) is 3. The zero-order valence-electron chi connectivity index (χ0n) is 20.2. The van der Waals surface area contributed by atoms with Crippen LogP contribution in [-0.2, 0) is 15.2 Å². The molecule has 3 atom stereocenters. The molecule has 2 aromatic carbocycles. The summed E-state index contributed by atoms with van der Waals surface area (Å²) in [6, 6.07) is 17.5. The lowest BCUT2D eigenvalue weighted by molar-refractivity contribution is 0.0534. The van der Waals surface area contributed by atoms with Crippen LogP contribution in [0.4, 0.5) is 0 Å². The van der Waals surface area contributed by atoms with Crippen LogP contribution in [0.25, 0.3) is 0 Å². The number of allylic oxidation sites excluding steroid dienone is 1. The predicted molar refractivity (Wildman–Crippen MR) is 134 cm³/mol. The molecule has 170 valence electrons. The van der Waals surface area contributed by atoms with Crippen molar-refractivity contribution in [1.29, 1.82) is 0 Å². The second kappa shape index (κ2) is 10.4. The van der Waals surface area contributed by atoms with E-state index in [2.05, 4.69) is 33.9 Å². The van der Waals surface area contributed by atoms with Crippen LogP contribution in [0.3, 0.4) is 0 Å². The van der Waals surface area contributed by atoms with Crippen molar-refractivity contribution in [3.05, 3.63) is 76.7 Å². The first kappa shape index (κ1) is 25.7. The van der Waals surface area contributed by atoms with Crippen molar-refractivity contribution in [2.45, 2.75) is 76.8 Å². The number of rotatable bonds is 8. The average Bonchev–Trinajstić information content (AvgIpc) is 2.69. The maximum absolute atomic E-state index is 13.6. The molecule has 0 aliphatic carbocycles. The van der Waals surface area contributed by atoms with Crippen LogP contribution in [-0.4, -0.2) is 23.7 Å². The SMILES string of the molecule is Cc1ccc([S@](=O)/C(=C/C(C)C)[C@@H](O)[C@@H](O[Si](C)(C)C(C)(C)C)c2ccccc2)cc1. The lowest BCUT2D eigenvalue weighted by Gasteiger charge is -2.41. The van der Waals surface area contributed by atoms with E-state index in [9.17, 15) is 9.32 Å². The Morgan fingerprint density at radius 2 is 1.58 bits per heavy atom. The maximum Gasteiger partial charge on any atom is 0.193 e. The molecule has 31 heavy (non-hydrogen) atoms. The van der Waals surface area contributed by atoms with Crippen molar-refractivity contribution < 1.29 is 13.7 Å². The Morgan fingerprint density at radius 1 is 1.03 bits per heavy atom. The third-order valence-electron chi connectivity index (χ3n) is 5.88. The van der Waals surface area contributed by atoms with Crippen molar-refractivity contribution in [3.63, 3.8) is 0 Å². The number of aliphatic hydroxyl groups is 1. The molecule has 0 bridgehead atoms. The molecule has 0 aromatic heterocycles. The minimum Gasteiger partial charge on any atom is -0.407 e. The van der Waals surface area contributed by atoms with Gasteiger partial charge in [-0.3, -0.25) is 0 Å². The first-order valence-electron chi connectivity index (χ1n) is 10.9. The Morgan fingerprint density at radius 3 is 2.06 bits per heavy atom. The van der Waals surface area contributed by atoms with Crippen molar-refractivity contribution in [2.75, 3.05) is 0 Å². The smallest absolute Gasteiger partial charge is 0.193 e. The first-order chi connectivity index (χ1) is 14.3. The highest BCUT2D eigenvalue weighted by Gasteiger charge is 2.42. The van der Waals surface area contributed by atoms with E-state index in [0.29, 0.717) is 9.80 Å². The lowest BCUT2D eigenvalue weighted by atomic mass is 10.0. The fourth-order valence-corrected chi connectivity index (χ4v) is 5.64. The number of aliphatic hydroxyl groups excluding tert-OH is 1. The highest BCUT2D eigenvalue weighted by Crippen LogP contribution is 2.42. The topological polar surface area (TPSA) is 46.5 Å². The Bertz CT molecular complexity index is 896. The molecule has 2 aromatic rings. The van der Waals surface area contributed by atoms with E-state index < -0.39 is 31.3 Å². The van der Waals surface area contributed by atoms with Crippen LogP contribution in [0, 0.1) is 12.8 Å². The van der Waals surface area contributed by atoms with E-state index in [1.807, 2.05) is 81.4 Å². The van der Waals surface area contributed by atoms with Crippen LogP contribution in [0.1, 0.15) is 51.8 Å². The first-order valence-corrected chi connectivity index (χ1v) is 15.0. The van der Waals surface area contributed by atoms with Crippen LogP contribution >= 0.6 is 0 Å². The Hall–Kier alpha value is -1.53. The minimum atomic E-state index is -2.21. The van der Waals surface area contributed by atoms with E-state index >= 15 is 0 Å². The summed E-state index contributed by atoms with van der Waals surface area (Å²) in [7, 11) is -3.68. The third kappa shape index (κ3) is 6.72. The molecule has 0 saturated heterocycles. The van der Waals surface area contributed by atoms with Gasteiger partial charge in [-0.15, -0.1) is 0 Å². The minimum absolute atomic E-state index is 0.0161. The summed E-state index contributed by atoms with van der Waals surface area (Å²) in [6.45, 7) is 17.0. The molecule has 1 N–H and O–H groups in total. The number of hydrogen-bond donors (Lipinski definition) is 1. The molecule has 2 rings (SSSR count). The van der Waals surface area contributed by atoms with Gasteiger partial charge in [0.25, 0.3) is 0 Å². The summed E-state index contributed by atoms with van der Waals surface area (Å²) in [5, 5.41) is 11.6. The van der Waals surface area contributed by atoms with Crippen LogP contribution in [0.5, 0.6) is 0 Å². The molecule has 0 heterocycles. The van der Waals surface area contributed by atoms with Crippen molar-refractivity contribution in [2.24, 2.45) is 5.92 Å². The monoisotopic (exact) mass is 458 g/mol. The fraction of sp³-hybridized carbons (Fsp3) is 0.462. The summed E-state index contributed by atoms with van der Waals surface area (Å²) in [5.74, 6) is 0.142. The van der Waals surface area contributed by atoms with E-state index in [1.54, 1.807) is 0 Å². The lowest BCUT2D eigenvalue weighted by Crippen LogP contribution is -2.44. The molecule has 5 heteroatoms. The molecule has 0 amide bonds. The van der Waals surface area contributed by atoms with Crippen molar-refractivity contribution in [3.8, 4) is 0 Å². The van der Waals surface area contributed by atoms with Crippen LogP contribution in [0.2, 0.25) is 18.1 Å². The fourth-order valence-electron chi connectivity index (χ4n) is 3.00. The Labute approximate surface area is 192 Å². The molecule has 0 fully saturated rings. The molecule has 0 spiro atoms. The van der Waals surface area contributed by atoms with Gasteiger partial charge in [0, 0.05) is 9.80 Å². The highest BCUT2D eigenvalue weighted by atomic mass is 32.2. The second-order valence-electron chi connectivity index (χ2n) is 10.0. The van der Waals surface area contributed by atoms with E-state index in [0.717, 1.165) is 11.1 Å². The van der Waals surface area contributed by atoms with E-state index in [-0.39, 0.29) is 11.0 Å². The zero-order valence-corrected chi connectivity index (χ0v) is 22.0. The van der Waals surface area contributed by atoms with Gasteiger partial charge in [0.15, 0.2) is 8.32 Å². The van der Waals surface area contributed by atoms with Gasteiger partial charge < -0.3 is 9.53 Å². The quantitative estimate of drug-likeness (QED) is 0.444. The van der Waals surface area contributed by atoms with E-state index in [4.69, 9.17) is 4.43 Å². The molecule has 0 unspecified atom stereocenters. The number of benzene rings is 2. The molecular weight excluding hydrogens is 420 g/mol. The summed E-state index contributed by atoms with van der Waals surface area (Å²) in [6.07, 6.45) is 0.327. The molecule has 0 aliphatic heterocycles. The summed E-state index contributed by atoms with van der Waals surface area (Å²) in [5.41, 5.74) is 2.01. The van der Waals surface area contributed by atoms with Gasteiger partial charge in [0.1, 0.15) is 12.2 Å². The maximum atomic E-state index is 13.6. The largest absolute Gasteiger partial charge is 0.407 e. The van der Waals surface area contributed by atoms with Crippen LogP contribution in [0.15, 0.2) is 70.5 Å². The van der Waals surface area contributed by atoms with Gasteiger partial charge in [0.2, 0.25) is 0 Å². The molecule has 0 saturated carbocycles. The summed E-state index contributed by atoms with van der Waals surface area (Å²) in [4.78, 5) is 1.20. The van der Waals surface area contributed by atoms with Crippen molar-refractivity contribution >= 4 is 19.1 Å². The standard InChI is InChI=1S/C26H38O3SSi/c1-19(2)18-23(30(28)22-16-14-20(3)15-17-22)24(27)25(21-12-10-9-11-13-21)29-31(7,8)26(4,5)6/h9-19,24-25,27H,1-8H3/b23-18+/t24-,25+,30+/m1/s1. The molecule has 0 aliphatic rings. The second-order valence-corrected chi connectivity index (χ2v) is 16.3. The molecule has 3 nitrogen and oxygen atoms in total. The Kier molecular flexibility index (Phi) is 8.62. The average molecular weight is 459 g/mol. The third-order valence-corrected chi connectivity index (χ3v) is 11.8. The molecule has 0 radical (unpaired) electrons. The van der Waals surface area contributed by atoms with Gasteiger partial charge in [0.05, 0.1) is 10.8 Å². The van der Waals surface area contributed by atoms with Crippen LogP contribution < -0.4 is 0 Å². The summed E-state index contributed by atoms with van der Waals surface area (Å²) >= 11 is 0. The highest BCUT2D eigenvalue weighted by molar-refractivity contribution is 7.89. The zero-order chi connectivity index (χ0) is 23.4. The van der Waals surface area contributed by atoms with Gasteiger partial charge >= 0.3 is 0 Å². The van der Waals surface area contributed by atoms with E-state index in [1.165, 1.54) is 0 Å². The number of aryl methyl sites for hydroxylation is 1. The Balaban J connectivity index is 2.53.